The molecular formula is C40H53FN2O2. The highest BCUT2D eigenvalue weighted by Gasteiger charge is 2.21. The minimum atomic E-state index is -0.206. The van der Waals surface area contributed by atoms with Crippen molar-refractivity contribution >= 4 is 24.3 Å². The van der Waals surface area contributed by atoms with E-state index in [-0.39, 0.29) is 11.7 Å². The van der Waals surface area contributed by atoms with E-state index in [1.807, 2.05) is 50.2 Å². The number of carbonyl (C=O) groups excluding carboxylic acids is 1. The SMILES string of the molecule is C=C(C)c1ccc(-c2ccc(F)cc2)cc1.C=c1ccc(C(=O)NCCOCC2CC2)c(C)/c1=C/N(C)CC(CCC)CCC. The third-order valence-electron chi connectivity index (χ3n) is 8.28. The van der Waals surface area contributed by atoms with Gasteiger partial charge in [0, 0.05) is 43.7 Å². The first-order valence-electron chi connectivity index (χ1n) is 16.5. The molecule has 1 saturated carbocycles. The largest absolute Gasteiger partial charge is 0.380 e. The average molecular weight is 613 g/mol. The van der Waals surface area contributed by atoms with Crippen LogP contribution in [0.3, 0.4) is 0 Å². The molecule has 0 radical (unpaired) electrons. The van der Waals surface area contributed by atoms with Crippen LogP contribution in [0, 0.1) is 24.6 Å². The van der Waals surface area contributed by atoms with Crippen LogP contribution in [0.2, 0.25) is 0 Å². The Bertz CT molecular complexity index is 1470. The molecule has 0 aromatic heterocycles. The lowest BCUT2D eigenvalue weighted by atomic mass is 9.98. The topological polar surface area (TPSA) is 41.6 Å². The van der Waals surface area contributed by atoms with Crippen molar-refractivity contribution in [2.45, 2.75) is 66.2 Å². The van der Waals surface area contributed by atoms with Crippen molar-refractivity contribution in [3.63, 3.8) is 0 Å². The molecule has 0 aliphatic heterocycles. The summed E-state index contributed by atoms with van der Waals surface area (Å²) >= 11 is 0. The number of benzene rings is 3. The van der Waals surface area contributed by atoms with Crippen molar-refractivity contribution in [1.82, 2.24) is 10.2 Å². The first-order chi connectivity index (χ1) is 21.6. The zero-order valence-electron chi connectivity index (χ0n) is 28.1. The van der Waals surface area contributed by atoms with Crippen molar-refractivity contribution in [2.24, 2.45) is 11.8 Å². The minimum absolute atomic E-state index is 0.0373. The van der Waals surface area contributed by atoms with Gasteiger partial charge < -0.3 is 15.0 Å². The molecule has 242 valence electrons. The van der Waals surface area contributed by atoms with Crippen LogP contribution in [0.1, 0.15) is 80.8 Å². The fraction of sp³-hybridized carbons (Fsp3) is 0.425. The first kappa shape index (κ1) is 35.8. The summed E-state index contributed by atoms with van der Waals surface area (Å²) in [5, 5.41) is 5.00. The maximum atomic E-state index is 12.8. The van der Waals surface area contributed by atoms with Gasteiger partial charge in [0.1, 0.15) is 5.82 Å². The molecule has 3 aromatic carbocycles. The van der Waals surface area contributed by atoms with Gasteiger partial charge in [-0.1, -0.05) is 87.9 Å². The monoisotopic (exact) mass is 612 g/mol. The Balaban J connectivity index is 0.000000289. The molecule has 0 heterocycles. The van der Waals surface area contributed by atoms with Crippen molar-refractivity contribution < 1.29 is 13.9 Å². The van der Waals surface area contributed by atoms with Gasteiger partial charge in [-0.25, -0.2) is 4.39 Å². The van der Waals surface area contributed by atoms with Gasteiger partial charge in [-0.15, -0.1) is 0 Å². The van der Waals surface area contributed by atoms with Crippen LogP contribution >= 0.6 is 0 Å². The van der Waals surface area contributed by atoms with Gasteiger partial charge >= 0.3 is 0 Å². The summed E-state index contributed by atoms with van der Waals surface area (Å²) < 4.78 is 18.4. The molecule has 45 heavy (non-hydrogen) atoms. The molecule has 1 fully saturated rings. The summed E-state index contributed by atoms with van der Waals surface area (Å²) in [6.45, 7) is 19.6. The van der Waals surface area contributed by atoms with Crippen LogP contribution in [0.4, 0.5) is 4.39 Å². The van der Waals surface area contributed by atoms with Crippen LogP contribution in [0.25, 0.3) is 29.5 Å². The molecule has 1 amide bonds. The highest BCUT2D eigenvalue weighted by atomic mass is 19.1. The minimum Gasteiger partial charge on any atom is -0.380 e. The van der Waals surface area contributed by atoms with Crippen LogP contribution < -0.4 is 15.8 Å². The van der Waals surface area contributed by atoms with Gasteiger partial charge in [0.2, 0.25) is 0 Å². The number of ether oxygens (including phenoxy) is 1. The molecule has 0 atom stereocenters. The van der Waals surface area contributed by atoms with E-state index < -0.39 is 0 Å². The Morgan fingerprint density at radius 3 is 2.18 bits per heavy atom. The molecule has 1 N–H and O–H groups in total. The number of hydrogen-bond donors (Lipinski definition) is 1. The lowest BCUT2D eigenvalue weighted by molar-refractivity contribution is 0.0906. The number of nitrogens with zero attached hydrogens (tertiary/aromatic N) is 1. The van der Waals surface area contributed by atoms with Crippen LogP contribution in [0.15, 0.2) is 67.2 Å². The predicted molar refractivity (Wildman–Crippen MR) is 189 cm³/mol. The number of amides is 1. The smallest absolute Gasteiger partial charge is 0.251 e. The molecule has 1 aliphatic rings. The van der Waals surface area contributed by atoms with Gasteiger partial charge in [-0.2, -0.15) is 0 Å². The predicted octanol–water partition coefficient (Wildman–Crippen LogP) is 7.97. The summed E-state index contributed by atoms with van der Waals surface area (Å²) in [5.74, 6) is 1.22. The molecule has 1 aliphatic carbocycles. The lowest BCUT2D eigenvalue weighted by Gasteiger charge is -2.22. The maximum absolute atomic E-state index is 12.8. The number of carbonyl (C=O) groups is 1. The van der Waals surface area contributed by atoms with Crippen molar-refractivity contribution in [3.8, 4) is 11.1 Å². The second-order valence-corrected chi connectivity index (χ2v) is 12.5. The third-order valence-corrected chi connectivity index (χ3v) is 8.28. The highest BCUT2D eigenvalue weighted by molar-refractivity contribution is 5.95. The molecule has 0 bridgehead atoms. The van der Waals surface area contributed by atoms with E-state index in [0.717, 1.165) is 62.9 Å². The Morgan fingerprint density at radius 2 is 1.62 bits per heavy atom. The molecular weight excluding hydrogens is 559 g/mol. The molecule has 0 saturated heterocycles. The fourth-order valence-electron chi connectivity index (χ4n) is 5.49. The quantitative estimate of drug-likeness (QED) is 0.177. The summed E-state index contributed by atoms with van der Waals surface area (Å²) in [6.07, 6.45) is 9.69. The molecule has 5 heteroatoms. The fourth-order valence-corrected chi connectivity index (χ4v) is 5.49. The van der Waals surface area contributed by atoms with Crippen LogP contribution in [-0.2, 0) is 4.74 Å². The number of halogens is 1. The number of nitrogens with one attached hydrogen (secondary N) is 1. The lowest BCUT2D eigenvalue weighted by Crippen LogP contribution is -2.35. The molecule has 4 nitrogen and oxygen atoms in total. The van der Waals surface area contributed by atoms with Crippen molar-refractivity contribution in [3.05, 3.63) is 100 Å². The van der Waals surface area contributed by atoms with Gasteiger partial charge in [0.25, 0.3) is 5.91 Å². The average Bonchev–Trinajstić information content (AvgIpc) is 3.85. The zero-order chi connectivity index (χ0) is 32.8. The molecule has 4 rings (SSSR count). The van der Waals surface area contributed by atoms with E-state index in [0.29, 0.717) is 19.1 Å². The Hall–Kier alpha value is -3.70. The number of hydrogen-bond acceptors (Lipinski definition) is 3. The molecule has 0 unspecified atom stereocenters. The summed E-state index contributed by atoms with van der Waals surface area (Å²) in [5.41, 5.74) is 6.00. The van der Waals surface area contributed by atoms with Crippen molar-refractivity contribution in [2.75, 3.05) is 33.4 Å². The van der Waals surface area contributed by atoms with Gasteiger partial charge in [-0.3, -0.25) is 4.79 Å². The zero-order valence-corrected chi connectivity index (χ0v) is 28.1. The second kappa shape index (κ2) is 18.3. The van der Waals surface area contributed by atoms with Crippen LogP contribution in [-0.4, -0.2) is 44.2 Å². The standard InChI is InChI=1S/C25H40N2O2.C15H13F/c1-6-8-21(9-7-2)16-27(5)17-24-19(3)10-13-23(20(24)4)25(28)26-14-15-29-18-22-11-12-22;1-11(2)12-3-5-13(6-4-12)14-7-9-15(16)10-8-14/h10,13,17,21-22H,3,6-9,11-12,14-16,18H2,1-2,4-5H3,(H,26,28);3-10H,1H2,2H3/b24-17+;. The van der Waals surface area contributed by atoms with Crippen molar-refractivity contribution in [1.29, 1.82) is 0 Å². The van der Waals surface area contributed by atoms with E-state index in [1.165, 1.54) is 50.7 Å². The van der Waals surface area contributed by atoms with E-state index in [9.17, 15) is 9.18 Å². The second-order valence-electron chi connectivity index (χ2n) is 12.5. The summed E-state index contributed by atoms with van der Waals surface area (Å²) in [6, 6.07) is 18.4. The Labute approximate surface area is 270 Å². The van der Waals surface area contributed by atoms with Gasteiger partial charge in [-0.05, 0) is 97.0 Å². The third kappa shape index (κ3) is 12.0. The maximum Gasteiger partial charge on any atom is 0.251 e. The highest BCUT2D eigenvalue weighted by Crippen LogP contribution is 2.28. The molecule has 3 aromatic rings. The summed E-state index contributed by atoms with van der Waals surface area (Å²) in [4.78, 5) is 14.9. The first-order valence-corrected chi connectivity index (χ1v) is 16.5. The normalized spacial score (nSPS) is 12.9. The van der Waals surface area contributed by atoms with E-state index in [4.69, 9.17) is 4.74 Å². The molecule has 0 spiro atoms. The van der Waals surface area contributed by atoms with E-state index >= 15 is 0 Å². The van der Waals surface area contributed by atoms with Gasteiger partial charge in [0.05, 0.1) is 6.61 Å². The Morgan fingerprint density at radius 1 is 1.02 bits per heavy atom. The summed E-state index contributed by atoms with van der Waals surface area (Å²) in [7, 11) is 2.13. The van der Waals surface area contributed by atoms with E-state index in [2.05, 4.69) is 50.5 Å². The van der Waals surface area contributed by atoms with Gasteiger partial charge in [0.15, 0.2) is 0 Å². The number of rotatable bonds is 15. The number of allylic oxidation sites excluding steroid dienone is 1. The Kier molecular flexibility index (Phi) is 14.6. The van der Waals surface area contributed by atoms with E-state index in [1.54, 1.807) is 12.1 Å². The van der Waals surface area contributed by atoms with Crippen LogP contribution in [0.5, 0.6) is 0 Å².